The van der Waals surface area contributed by atoms with Crippen molar-refractivity contribution >= 4 is 11.9 Å². The van der Waals surface area contributed by atoms with Gasteiger partial charge >= 0.3 is 11.9 Å². The van der Waals surface area contributed by atoms with Crippen molar-refractivity contribution in [3.63, 3.8) is 0 Å². The van der Waals surface area contributed by atoms with E-state index in [0.29, 0.717) is 6.42 Å². The molecule has 106 valence electrons. The van der Waals surface area contributed by atoms with Gasteiger partial charge in [0.15, 0.2) is 5.92 Å². The summed E-state index contributed by atoms with van der Waals surface area (Å²) < 4.78 is 15.1. The van der Waals surface area contributed by atoms with Crippen LogP contribution in [0, 0.1) is 5.92 Å². The summed E-state index contributed by atoms with van der Waals surface area (Å²) in [6.45, 7) is 5.91. The van der Waals surface area contributed by atoms with Crippen LogP contribution in [0.5, 0.6) is 0 Å². The highest BCUT2D eigenvalue weighted by atomic mass is 16.6. The fourth-order valence-corrected chi connectivity index (χ4v) is 1.69. The van der Waals surface area contributed by atoms with Crippen LogP contribution in [-0.2, 0) is 23.8 Å². The molecule has 0 radical (unpaired) electrons. The molecule has 0 saturated carbocycles. The molecule has 0 aromatic heterocycles. The van der Waals surface area contributed by atoms with Crippen LogP contribution in [0.1, 0.15) is 40.0 Å². The van der Waals surface area contributed by atoms with Crippen molar-refractivity contribution in [1.82, 2.24) is 0 Å². The van der Waals surface area contributed by atoms with Gasteiger partial charge < -0.3 is 14.2 Å². The quantitative estimate of drug-likeness (QED) is 0.468. The van der Waals surface area contributed by atoms with Crippen LogP contribution in [0.2, 0.25) is 0 Å². The fraction of sp³-hybridized carbons (Fsp3) is 0.846. The number of carbonyl (C=O) groups is 2. The topological polar surface area (TPSA) is 61.8 Å². The van der Waals surface area contributed by atoms with E-state index in [2.05, 4.69) is 0 Å². The van der Waals surface area contributed by atoms with Crippen LogP contribution in [0.25, 0.3) is 0 Å². The molecule has 0 aromatic rings. The molecule has 0 aliphatic carbocycles. The zero-order valence-corrected chi connectivity index (χ0v) is 11.7. The standard InChI is InChI=1S/C13H24O5/c1-5-8-9-10(16-4)11(12(14)17-6-2)13(15)18-7-3/h10-11H,5-9H2,1-4H3. The molecule has 0 heterocycles. The van der Waals surface area contributed by atoms with Crippen LogP contribution >= 0.6 is 0 Å². The van der Waals surface area contributed by atoms with Crippen molar-refractivity contribution in [2.45, 2.75) is 46.1 Å². The first-order valence-electron chi connectivity index (χ1n) is 6.48. The lowest BCUT2D eigenvalue weighted by Gasteiger charge is -2.22. The first-order chi connectivity index (χ1) is 8.62. The zero-order chi connectivity index (χ0) is 14.0. The SMILES string of the molecule is CCCCC(OC)C(C(=O)OCC)C(=O)OCC. The molecule has 0 saturated heterocycles. The summed E-state index contributed by atoms with van der Waals surface area (Å²) >= 11 is 0. The van der Waals surface area contributed by atoms with E-state index in [4.69, 9.17) is 14.2 Å². The van der Waals surface area contributed by atoms with Gasteiger partial charge in [0, 0.05) is 7.11 Å². The summed E-state index contributed by atoms with van der Waals surface area (Å²) in [5, 5.41) is 0. The summed E-state index contributed by atoms with van der Waals surface area (Å²) in [5.41, 5.74) is 0. The maximum atomic E-state index is 11.8. The van der Waals surface area contributed by atoms with Crippen LogP contribution in [0.15, 0.2) is 0 Å². The number of ether oxygens (including phenoxy) is 3. The molecule has 0 amide bonds. The van der Waals surface area contributed by atoms with Crippen molar-refractivity contribution in [1.29, 1.82) is 0 Å². The zero-order valence-electron chi connectivity index (χ0n) is 11.7. The molecule has 0 N–H and O–H groups in total. The van der Waals surface area contributed by atoms with Gasteiger partial charge in [0.1, 0.15) is 0 Å². The number of rotatable bonds is 9. The van der Waals surface area contributed by atoms with Gasteiger partial charge in [-0.2, -0.15) is 0 Å². The van der Waals surface area contributed by atoms with Crippen molar-refractivity contribution in [3.05, 3.63) is 0 Å². The van der Waals surface area contributed by atoms with E-state index >= 15 is 0 Å². The highest BCUT2D eigenvalue weighted by molar-refractivity contribution is 5.95. The summed E-state index contributed by atoms with van der Waals surface area (Å²) in [6, 6.07) is 0. The second-order valence-electron chi connectivity index (χ2n) is 3.90. The minimum atomic E-state index is -0.985. The third kappa shape index (κ3) is 5.49. The maximum Gasteiger partial charge on any atom is 0.323 e. The Morgan fingerprint density at radius 3 is 1.83 bits per heavy atom. The normalized spacial score (nSPS) is 12.3. The van der Waals surface area contributed by atoms with Crippen molar-refractivity contribution in [3.8, 4) is 0 Å². The Balaban J connectivity index is 4.79. The van der Waals surface area contributed by atoms with E-state index < -0.39 is 24.0 Å². The predicted molar refractivity (Wildman–Crippen MR) is 67.1 cm³/mol. The van der Waals surface area contributed by atoms with Gasteiger partial charge in [0.25, 0.3) is 0 Å². The molecule has 1 unspecified atom stereocenters. The molecule has 0 fully saturated rings. The largest absolute Gasteiger partial charge is 0.465 e. The summed E-state index contributed by atoms with van der Waals surface area (Å²) in [7, 11) is 1.49. The third-order valence-electron chi connectivity index (χ3n) is 2.60. The highest BCUT2D eigenvalue weighted by Gasteiger charge is 2.37. The van der Waals surface area contributed by atoms with E-state index in [9.17, 15) is 9.59 Å². The molecule has 18 heavy (non-hydrogen) atoms. The number of carbonyl (C=O) groups excluding carboxylic acids is 2. The minimum Gasteiger partial charge on any atom is -0.465 e. The Morgan fingerprint density at radius 2 is 1.50 bits per heavy atom. The first-order valence-corrected chi connectivity index (χ1v) is 6.48. The average molecular weight is 260 g/mol. The molecule has 0 bridgehead atoms. The van der Waals surface area contributed by atoms with Crippen molar-refractivity contribution in [2.24, 2.45) is 5.92 Å². The average Bonchev–Trinajstić information content (AvgIpc) is 2.34. The Morgan fingerprint density at radius 1 is 1.00 bits per heavy atom. The number of unbranched alkanes of at least 4 members (excludes halogenated alkanes) is 1. The monoisotopic (exact) mass is 260 g/mol. The molecular formula is C13H24O5. The molecule has 0 aliphatic rings. The van der Waals surface area contributed by atoms with Crippen LogP contribution < -0.4 is 0 Å². The van der Waals surface area contributed by atoms with E-state index in [1.807, 2.05) is 6.92 Å². The van der Waals surface area contributed by atoms with Crippen LogP contribution in [-0.4, -0.2) is 38.4 Å². The van der Waals surface area contributed by atoms with Gasteiger partial charge in [0.05, 0.1) is 19.3 Å². The fourth-order valence-electron chi connectivity index (χ4n) is 1.69. The molecule has 0 aliphatic heterocycles. The number of hydrogen-bond donors (Lipinski definition) is 0. The van der Waals surface area contributed by atoms with E-state index in [0.717, 1.165) is 12.8 Å². The van der Waals surface area contributed by atoms with Crippen LogP contribution in [0.3, 0.4) is 0 Å². The molecule has 5 heteroatoms. The molecule has 0 rings (SSSR count). The minimum absolute atomic E-state index is 0.235. The maximum absolute atomic E-state index is 11.8. The van der Waals surface area contributed by atoms with Crippen molar-refractivity contribution in [2.75, 3.05) is 20.3 Å². The Bertz CT molecular complexity index is 234. The lowest BCUT2D eigenvalue weighted by molar-refractivity contribution is -0.168. The highest BCUT2D eigenvalue weighted by Crippen LogP contribution is 2.18. The van der Waals surface area contributed by atoms with E-state index in [1.54, 1.807) is 13.8 Å². The second-order valence-corrected chi connectivity index (χ2v) is 3.90. The third-order valence-corrected chi connectivity index (χ3v) is 2.60. The second kappa shape index (κ2) is 9.88. The summed E-state index contributed by atoms with van der Waals surface area (Å²) in [4.78, 5) is 23.6. The van der Waals surface area contributed by atoms with Gasteiger partial charge in [-0.25, -0.2) is 0 Å². The Kier molecular flexibility index (Phi) is 9.28. The van der Waals surface area contributed by atoms with Gasteiger partial charge in [-0.3, -0.25) is 9.59 Å². The van der Waals surface area contributed by atoms with Gasteiger partial charge in [0.2, 0.25) is 0 Å². The lowest BCUT2D eigenvalue weighted by Crippen LogP contribution is -2.39. The molecule has 1 atom stereocenters. The molecule has 0 aromatic carbocycles. The smallest absolute Gasteiger partial charge is 0.323 e. The number of esters is 2. The molecule has 0 spiro atoms. The lowest BCUT2D eigenvalue weighted by atomic mass is 9.97. The predicted octanol–water partition coefficient (Wildman–Crippen LogP) is 1.93. The van der Waals surface area contributed by atoms with Gasteiger partial charge in [-0.15, -0.1) is 0 Å². The number of hydrogen-bond acceptors (Lipinski definition) is 5. The summed E-state index contributed by atoms with van der Waals surface area (Å²) in [5.74, 6) is -2.13. The van der Waals surface area contributed by atoms with E-state index in [1.165, 1.54) is 7.11 Å². The summed E-state index contributed by atoms with van der Waals surface area (Å²) in [6.07, 6.45) is 2.00. The van der Waals surface area contributed by atoms with Crippen molar-refractivity contribution < 1.29 is 23.8 Å². The molecule has 5 nitrogen and oxygen atoms in total. The first kappa shape index (κ1) is 16.9. The van der Waals surface area contributed by atoms with Gasteiger partial charge in [-0.1, -0.05) is 19.8 Å². The Labute approximate surface area is 109 Å². The van der Waals surface area contributed by atoms with Gasteiger partial charge in [-0.05, 0) is 20.3 Å². The van der Waals surface area contributed by atoms with Crippen LogP contribution in [0.4, 0.5) is 0 Å². The molecular weight excluding hydrogens is 236 g/mol. The number of methoxy groups -OCH3 is 1. The van der Waals surface area contributed by atoms with E-state index in [-0.39, 0.29) is 13.2 Å². The Hall–Kier alpha value is -1.10.